The Morgan fingerprint density at radius 3 is 2.92 bits per heavy atom. The fraction of sp³-hybridized carbons (Fsp3) is 0.455. The number of hydrogen-bond donors (Lipinski definition) is 0. The zero-order chi connectivity index (χ0) is 9.00. The van der Waals surface area contributed by atoms with Gasteiger partial charge in [0.05, 0.1) is 0 Å². The molecule has 3 aliphatic rings. The first-order valence-electron chi connectivity index (χ1n) is 4.81. The van der Waals surface area contributed by atoms with Crippen molar-refractivity contribution >= 4 is 0 Å². The van der Waals surface area contributed by atoms with Gasteiger partial charge in [0.25, 0.3) is 0 Å². The zero-order valence-electron chi connectivity index (χ0n) is 7.89. The van der Waals surface area contributed by atoms with Gasteiger partial charge in [0.2, 0.25) is 5.76 Å². The standard InChI is InChI=1S/C11H12O2/c1-6(2)9-7-4-3-5-8(7)12-11-10(9)13-11/h5-6H,3-4H2,1-2H3. The minimum Gasteiger partial charge on any atom is -0.423 e. The van der Waals surface area contributed by atoms with E-state index < -0.39 is 0 Å². The van der Waals surface area contributed by atoms with Crippen molar-refractivity contribution in [3.63, 3.8) is 0 Å². The number of hydrogen-bond acceptors (Lipinski definition) is 2. The average Bonchev–Trinajstić information content (AvgIpc) is 2.67. The van der Waals surface area contributed by atoms with Crippen LogP contribution in [0.5, 0.6) is 0 Å². The number of rotatable bonds is 1. The molecule has 0 atom stereocenters. The molecule has 0 N–H and O–H groups in total. The topological polar surface area (TPSA) is 21.8 Å². The molecule has 3 rings (SSSR count). The summed E-state index contributed by atoms with van der Waals surface area (Å²) in [6, 6.07) is 0. The van der Waals surface area contributed by atoms with Crippen molar-refractivity contribution in [2.75, 3.05) is 0 Å². The van der Waals surface area contributed by atoms with Crippen molar-refractivity contribution in [2.24, 2.45) is 5.92 Å². The Hall–Kier alpha value is -1.18. The Kier molecular flexibility index (Phi) is 1.22. The Labute approximate surface area is 77.5 Å². The molecule has 0 fully saturated rings. The highest BCUT2D eigenvalue weighted by atomic mass is 16.7. The van der Waals surface area contributed by atoms with Gasteiger partial charge in [-0.3, -0.25) is 0 Å². The minimum atomic E-state index is 0.535. The van der Waals surface area contributed by atoms with Crippen LogP contribution in [0.15, 0.2) is 34.7 Å². The maximum absolute atomic E-state index is 5.53. The molecule has 13 heavy (non-hydrogen) atoms. The van der Waals surface area contributed by atoms with Crippen molar-refractivity contribution in [1.29, 1.82) is 0 Å². The predicted molar refractivity (Wildman–Crippen MR) is 48.4 cm³/mol. The first-order chi connectivity index (χ1) is 6.27. The third-order valence-corrected chi connectivity index (χ3v) is 2.71. The van der Waals surface area contributed by atoms with E-state index in [-0.39, 0.29) is 0 Å². The van der Waals surface area contributed by atoms with Gasteiger partial charge in [-0.2, -0.15) is 0 Å². The Balaban J connectivity index is 2.12. The molecule has 0 bridgehead atoms. The van der Waals surface area contributed by atoms with E-state index in [0.717, 1.165) is 30.3 Å². The Morgan fingerprint density at radius 1 is 1.31 bits per heavy atom. The largest absolute Gasteiger partial charge is 0.423 e. The first kappa shape index (κ1) is 7.25. The lowest BCUT2D eigenvalue weighted by Gasteiger charge is -2.13. The number of ether oxygens (including phenoxy) is 2. The van der Waals surface area contributed by atoms with Crippen LogP contribution in [-0.4, -0.2) is 0 Å². The summed E-state index contributed by atoms with van der Waals surface area (Å²) in [6.45, 7) is 4.41. The second kappa shape index (κ2) is 2.19. The van der Waals surface area contributed by atoms with E-state index in [1.54, 1.807) is 0 Å². The zero-order valence-corrected chi connectivity index (χ0v) is 7.89. The SMILES string of the molecule is CC(C)C1=C2CCC=C2OC2=C1O2. The summed E-state index contributed by atoms with van der Waals surface area (Å²) >= 11 is 0. The van der Waals surface area contributed by atoms with Crippen molar-refractivity contribution in [1.82, 2.24) is 0 Å². The summed E-state index contributed by atoms with van der Waals surface area (Å²) in [5.41, 5.74) is 2.73. The van der Waals surface area contributed by atoms with E-state index in [4.69, 9.17) is 9.47 Å². The van der Waals surface area contributed by atoms with E-state index >= 15 is 0 Å². The molecule has 2 heteroatoms. The fourth-order valence-electron chi connectivity index (χ4n) is 2.11. The van der Waals surface area contributed by atoms with Crippen LogP contribution in [0.3, 0.4) is 0 Å². The molecular weight excluding hydrogens is 164 g/mol. The highest BCUT2D eigenvalue weighted by Crippen LogP contribution is 2.49. The average molecular weight is 176 g/mol. The molecule has 1 aliphatic carbocycles. The monoisotopic (exact) mass is 176 g/mol. The first-order valence-corrected chi connectivity index (χ1v) is 4.81. The smallest absolute Gasteiger partial charge is 0.335 e. The van der Waals surface area contributed by atoms with Gasteiger partial charge in [0, 0.05) is 11.1 Å². The molecule has 0 radical (unpaired) electrons. The van der Waals surface area contributed by atoms with Gasteiger partial charge in [-0.25, -0.2) is 0 Å². The summed E-state index contributed by atoms with van der Waals surface area (Å²) in [5.74, 6) is 3.32. The van der Waals surface area contributed by atoms with E-state index in [1.807, 2.05) is 0 Å². The summed E-state index contributed by atoms with van der Waals surface area (Å²) in [4.78, 5) is 0. The van der Waals surface area contributed by atoms with Gasteiger partial charge in [0.15, 0.2) is 0 Å². The normalized spacial score (nSPS) is 23.8. The van der Waals surface area contributed by atoms with Gasteiger partial charge in [-0.05, 0) is 24.8 Å². The molecule has 0 amide bonds. The molecule has 0 saturated heterocycles. The molecule has 2 nitrogen and oxygen atoms in total. The molecule has 0 unspecified atom stereocenters. The minimum absolute atomic E-state index is 0.535. The van der Waals surface area contributed by atoms with E-state index in [9.17, 15) is 0 Å². The van der Waals surface area contributed by atoms with Crippen LogP contribution < -0.4 is 0 Å². The van der Waals surface area contributed by atoms with E-state index in [2.05, 4.69) is 19.9 Å². The second-order valence-electron chi connectivity index (χ2n) is 3.97. The van der Waals surface area contributed by atoms with Crippen molar-refractivity contribution < 1.29 is 9.47 Å². The molecule has 2 aliphatic heterocycles. The summed E-state index contributed by atoms with van der Waals surface area (Å²) in [7, 11) is 0. The third-order valence-electron chi connectivity index (χ3n) is 2.71. The molecule has 68 valence electrons. The quantitative estimate of drug-likeness (QED) is 0.612. The molecule has 2 heterocycles. The fourth-order valence-corrected chi connectivity index (χ4v) is 2.11. The van der Waals surface area contributed by atoms with E-state index in [1.165, 1.54) is 11.1 Å². The van der Waals surface area contributed by atoms with Crippen LogP contribution in [0.2, 0.25) is 0 Å². The van der Waals surface area contributed by atoms with Gasteiger partial charge in [0.1, 0.15) is 5.76 Å². The summed E-state index contributed by atoms with van der Waals surface area (Å²) in [5, 5.41) is 0. The lowest BCUT2D eigenvalue weighted by molar-refractivity contribution is 0.230. The maximum Gasteiger partial charge on any atom is 0.335 e. The molecule has 0 spiro atoms. The highest BCUT2D eigenvalue weighted by Gasteiger charge is 2.41. The van der Waals surface area contributed by atoms with Crippen LogP contribution in [0.4, 0.5) is 0 Å². The predicted octanol–water partition coefficient (Wildman–Crippen LogP) is 2.85. The summed E-state index contributed by atoms with van der Waals surface area (Å²) in [6.07, 6.45) is 4.38. The lowest BCUT2D eigenvalue weighted by Crippen LogP contribution is -2.02. The van der Waals surface area contributed by atoms with Crippen molar-refractivity contribution in [3.8, 4) is 0 Å². The highest BCUT2D eigenvalue weighted by molar-refractivity contribution is 5.52. The molecule has 0 aromatic carbocycles. The Bertz CT molecular complexity index is 370. The Morgan fingerprint density at radius 2 is 2.15 bits per heavy atom. The van der Waals surface area contributed by atoms with Crippen LogP contribution in [0, 0.1) is 5.92 Å². The molecule has 0 aromatic heterocycles. The molecular formula is C11H12O2. The van der Waals surface area contributed by atoms with Gasteiger partial charge < -0.3 is 9.47 Å². The summed E-state index contributed by atoms with van der Waals surface area (Å²) < 4.78 is 10.8. The van der Waals surface area contributed by atoms with Gasteiger partial charge >= 0.3 is 5.95 Å². The van der Waals surface area contributed by atoms with Crippen LogP contribution in [0.1, 0.15) is 26.7 Å². The van der Waals surface area contributed by atoms with Crippen LogP contribution in [0.25, 0.3) is 0 Å². The number of allylic oxidation sites excluding steroid dienone is 3. The molecule has 0 aromatic rings. The van der Waals surface area contributed by atoms with Crippen LogP contribution in [-0.2, 0) is 9.47 Å². The van der Waals surface area contributed by atoms with Crippen LogP contribution >= 0.6 is 0 Å². The van der Waals surface area contributed by atoms with Crippen molar-refractivity contribution in [2.45, 2.75) is 26.7 Å². The maximum atomic E-state index is 5.53. The number of fused-ring (bicyclic) bond motifs is 1. The van der Waals surface area contributed by atoms with Gasteiger partial charge in [-0.1, -0.05) is 13.8 Å². The van der Waals surface area contributed by atoms with E-state index in [0.29, 0.717) is 5.92 Å². The third kappa shape index (κ3) is 0.886. The lowest BCUT2D eigenvalue weighted by atomic mass is 9.94. The van der Waals surface area contributed by atoms with Gasteiger partial charge in [-0.15, -0.1) is 0 Å². The molecule has 0 saturated carbocycles. The second-order valence-corrected chi connectivity index (χ2v) is 3.97. The van der Waals surface area contributed by atoms with Crippen molar-refractivity contribution in [3.05, 3.63) is 34.7 Å².